The van der Waals surface area contributed by atoms with Crippen LogP contribution in [0.1, 0.15) is 30.3 Å². The van der Waals surface area contributed by atoms with Crippen LogP contribution in [0.3, 0.4) is 0 Å². The normalized spacial score (nSPS) is 24.0. The topological polar surface area (TPSA) is 172 Å². The quantitative estimate of drug-likeness (QED) is 0.219. The number of halogens is 1. The highest BCUT2D eigenvalue weighted by Gasteiger charge is 2.45. The van der Waals surface area contributed by atoms with Crippen LogP contribution in [0, 0.1) is 6.92 Å². The molecule has 4 rings (SSSR count). The molecule has 2 aromatic heterocycles. The molecule has 1 aliphatic rings. The van der Waals surface area contributed by atoms with E-state index in [1.165, 1.54) is 10.9 Å². The van der Waals surface area contributed by atoms with Gasteiger partial charge in [0.2, 0.25) is 5.28 Å². The third-order valence-corrected chi connectivity index (χ3v) is 6.13. The molecule has 1 fully saturated rings. The number of rotatable bonds is 8. The second-order valence-electron chi connectivity index (χ2n) is 8.16. The molecule has 0 aliphatic carbocycles. The first kappa shape index (κ1) is 25.0. The monoisotopic (exact) mass is 513 g/mol. The van der Waals surface area contributed by atoms with Crippen LogP contribution in [-0.2, 0) is 14.0 Å². The summed E-state index contributed by atoms with van der Waals surface area (Å²) in [6.07, 6.45) is -4.29. The molecule has 5 N–H and O–H groups in total. The predicted molar refractivity (Wildman–Crippen MR) is 122 cm³/mol. The fourth-order valence-corrected chi connectivity index (χ4v) is 4.29. The number of hydrogen-bond acceptors (Lipinski definition) is 9. The summed E-state index contributed by atoms with van der Waals surface area (Å²) >= 11 is 6.17. The van der Waals surface area contributed by atoms with Crippen LogP contribution in [0.5, 0.6) is 0 Å². The molecule has 0 amide bonds. The summed E-state index contributed by atoms with van der Waals surface area (Å²) in [5, 5.41) is 28.9. The zero-order chi connectivity index (χ0) is 24.6. The van der Waals surface area contributed by atoms with Gasteiger partial charge in [-0.15, -0.1) is 0 Å². The Morgan fingerprint density at radius 3 is 2.76 bits per heavy atom. The minimum atomic E-state index is -4.38. The van der Waals surface area contributed by atoms with Crippen LogP contribution in [0.4, 0.5) is 5.82 Å². The molecule has 3 aromatic rings. The zero-order valence-electron chi connectivity index (χ0n) is 18.3. The van der Waals surface area contributed by atoms with Crippen molar-refractivity contribution in [3.05, 3.63) is 46.9 Å². The summed E-state index contributed by atoms with van der Waals surface area (Å²) in [4.78, 5) is 26.3. The van der Waals surface area contributed by atoms with Gasteiger partial charge in [-0.05, 0) is 31.0 Å². The lowest BCUT2D eigenvalue weighted by Gasteiger charge is -2.18. The van der Waals surface area contributed by atoms with Crippen molar-refractivity contribution in [3.63, 3.8) is 0 Å². The van der Waals surface area contributed by atoms with Crippen molar-refractivity contribution >= 4 is 36.0 Å². The van der Waals surface area contributed by atoms with Crippen molar-refractivity contribution in [2.45, 2.75) is 44.4 Å². The number of aliphatic hydroxyl groups excluding tert-OH is 2. The van der Waals surface area contributed by atoms with Crippen molar-refractivity contribution in [3.8, 4) is 0 Å². The molecule has 0 radical (unpaired) electrons. The molecule has 1 saturated heterocycles. The fourth-order valence-electron chi connectivity index (χ4n) is 3.78. The average molecular weight is 514 g/mol. The number of anilines is 1. The zero-order valence-corrected chi connectivity index (χ0v) is 20.0. The molecule has 0 unspecified atom stereocenters. The molecular formula is C20H25ClN5O7P. The maximum atomic E-state index is 11.0. The summed E-state index contributed by atoms with van der Waals surface area (Å²) in [6, 6.07) is 7.91. The number of nitrogens with zero attached hydrogens (tertiary/aromatic N) is 4. The number of benzene rings is 1. The second kappa shape index (κ2) is 9.84. The average Bonchev–Trinajstić information content (AvgIpc) is 3.29. The Balaban J connectivity index is 1.57. The van der Waals surface area contributed by atoms with Gasteiger partial charge in [-0.3, -0.25) is 4.57 Å². The van der Waals surface area contributed by atoms with Gasteiger partial charge in [-0.25, -0.2) is 4.68 Å². The summed E-state index contributed by atoms with van der Waals surface area (Å²) in [5.41, 5.74) is 2.44. The van der Waals surface area contributed by atoms with Gasteiger partial charge < -0.3 is 34.8 Å². The Kier molecular flexibility index (Phi) is 7.22. The largest absolute Gasteiger partial charge is 0.387 e. The van der Waals surface area contributed by atoms with E-state index in [9.17, 15) is 14.8 Å². The Morgan fingerprint density at radius 1 is 1.29 bits per heavy atom. The highest BCUT2D eigenvalue weighted by molar-refractivity contribution is 7.51. The van der Waals surface area contributed by atoms with Gasteiger partial charge >= 0.3 is 7.60 Å². The summed E-state index contributed by atoms with van der Waals surface area (Å²) in [7, 11) is -4.38. The molecule has 0 saturated carbocycles. The van der Waals surface area contributed by atoms with E-state index in [1.54, 1.807) is 0 Å². The highest BCUT2D eigenvalue weighted by atomic mass is 35.5. The molecule has 3 heterocycles. The van der Waals surface area contributed by atoms with Crippen molar-refractivity contribution in [2.24, 2.45) is 0 Å². The first-order chi connectivity index (χ1) is 16.0. The van der Waals surface area contributed by atoms with E-state index in [0.717, 1.165) is 11.1 Å². The van der Waals surface area contributed by atoms with Crippen molar-refractivity contribution in [1.82, 2.24) is 19.7 Å². The molecule has 14 heteroatoms. The summed E-state index contributed by atoms with van der Waals surface area (Å²) in [5.74, 6) is 0.435. The maximum absolute atomic E-state index is 11.0. The van der Waals surface area contributed by atoms with Gasteiger partial charge in [0.1, 0.15) is 30.5 Å². The minimum absolute atomic E-state index is 0.0530. The molecule has 0 bridgehead atoms. The van der Waals surface area contributed by atoms with E-state index in [0.29, 0.717) is 11.2 Å². The van der Waals surface area contributed by atoms with E-state index in [1.807, 2.05) is 32.0 Å². The van der Waals surface area contributed by atoms with Crippen LogP contribution in [-0.4, -0.2) is 71.0 Å². The molecule has 34 heavy (non-hydrogen) atoms. The van der Waals surface area contributed by atoms with Crippen LogP contribution in [0.25, 0.3) is 11.0 Å². The number of hydrogen-bond donors (Lipinski definition) is 5. The van der Waals surface area contributed by atoms with Gasteiger partial charge in [0.25, 0.3) is 0 Å². The van der Waals surface area contributed by atoms with E-state index in [2.05, 4.69) is 26.4 Å². The Hall–Kier alpha value is -2.15. The summed E-state index contributed by atoms with van der Waals surface area (Å²) < 4.78 is 22.9. The van der Waals surface area contributed by atoms with Gasteiger partial charge in [0.05, 0.1) is 18.2 Å². The molecule has 1 aromatic carbocycles. The van der Waals surface area contributed by atoms with E-state index in [4.69, 9.17) is 30.9 Å². The Bertz CT molecular complexity index is 1220. The van der Waals surface area contributed by atoms with Gasteiger partial charge in [-0.2, -0.15) is 15.1 Å². The number of nitrogens with one attached hydrogen (secondary N) is 1. The second-order valence-corrected chi connectivity index (χ2v) is 10.1. The molecule has 12 nitrogen and oxygen atoms in total. The predicted octanol–water partition coefficient (Wildman–Crippen LogP) is 1.73. The molecule has 184 valence electrons. The van der Waals surface area contributed by atoms with Crippen LogP contribution in [0.2, 0.25) is 5.28 Å². The number of ether oxygens (including phenoxy) is 2. The summed E-state index contributed by atoms with van der Waals surface area (Å²) in [6.45, 7) is 3.64. The first-order valence-electron chi connectivity index (χ1n) is 10.4. The van der Waals surface area contributed by atoms with Gasteiger partial charge in [-0.1, -0.05) is 29.8 Å². The molecule has 0 spiro atoms. The molecule has 5 atom stereocenters. The number of aryl methyl sites for hydroxylation is 1. The van der Waals surface area contributed by atoms with Gasteiger partial charge in [0, 0.05) is 6.04 Å². The molecule has 1 aliphatic heterocycles. The lowest BCUT2D eigenvalue weighted by atomic mass is 10.1. The van der Waals surface area contributed by atoms with Gasteiger partial charge in [0.15, 0.2) is 11.9 Å². The van der Waals surface area contributed by atoms with Crippen LogP contribution >= 0.6 is 19.2 Å². The first-order valence-corrected chi connectivity index (χ1v) is 12.6. The molecular weight excluding hydrogens is 489 g/mol. The van der Waals surface area contributed by atoms with Crippen LogP contribution < -0.4 is 5.32 Å². The highest BCUT2D eigenvalue weighted by Crippen LogP contribution is 2.36. The smallest absolute Gasteiger partial charge is 0.350 e. The number of aromatic nitrogens is 4. The Labute approximate surface area is 199 Å². The van der Waals surface area contributed by atoms with E-state index < -0.39 is 38.5 Å². The van der Waals surface area contributed by atoms with E-state index >= 15 is 0 Å². The third kappa shape index (κ3) is 5.40. The SMILES string of the molecule is Cc1cccc([C@H](C)Nc2nc(Cl)nc3c2cnn3[C@@H]2O[C@H](COCP(=O)(O)O)[C@@H](O)[C@H]2O)c1. The number of aliphatic hydroxyl groups is 2. The third-order valence-electron chi connectivity index (χ3n) is 5.44. The van der Waals surface area contributed by atoms with Crippen molar-refractivity contribution in [2.75, 3.05) is 18.3 Å². The van der Waals surface area contributed by atoms with Crippen molar-refractivity contribution in [1.29, 1.82) is 0 Å². The maximum Gasteiger partial charge on any atom is 0.350 e. The Morgan fingerprint density at radius 2 is 2.06 bits per heavy atom. The van der Waals surface area contributed by atoms with E-state index in [-0.39, 0.29) is 23.6 Å². The standard InChI is InChI=1S/C20H25ClN5O7P/c1-10-4-3-5-12(6-10)11(2)23-17-13-7-22-26(18(13)25-20(21)24-17)19-16(28)15(27)14(33-19)8-32-9-34(29,30)31/h3-7,11,14-16,19,27-28H,8-9H2,1-2H3,(H,23,24,25)(H2,29,30,31)/t11-,14+,15+,16+,19+/m0/s1. The lowest BCUT2D eigenvalue weighted by molar-refractivity contribution is -0.0658. The number of fused-ring (bicyclic) bond motifs is 1. The van der Waals surface area contributed by atoms with Crippen LogP contribution in [0.15, 0.2) is 30.5 Å². The minimum Gasteiger partial charge on any atom is -0.387 e. The lowest BCUT2D eigenvalue weighted by Crippen LogP contribution is -2.34. The van der Waals surface area contributed by atoms with Crippen molar-refractivity contribution < 1.29 is 34.0 Å². The fraction of sp³-hybridized carbons (Fsp3) is 0.450.